The minimum Gasteiger partial charge on any atom is -0.0622 e. The molecule has 314 valence electrons. The minimum atomic E-state index is -0.173. The Labute approximate surface area is 392 Å². The molecular weight excluding hydrogens is 805 g/mol. The summed E-state index contributed by atoms with van der Waals surface area (Å²) in [5, 5.41) is 10.0. The summed E-state index contributed by atoms with van der Waals surface area (Å²) >= 11 is 0. The van der Waals surface area contributed by atoms with Crippen molar-refractivity contribution in [3.63, 3.8) is 0 Å². The SMILES string of the molecule is CC1(C)c2cc(-c3ccc4c(c3)c(-c3ccccc3)c(-c3ccccc3)c3cc(-c5cc6ccccc6cc5-c5ccccc5)ccc34)ccc2-c2ccc(-c3cccc4ccccc34)cc21. The van der Waals surface area contributed by atoms with Gasteiger partial charge in [-0.15, -0.1) is 0 Å². The van der Waals surface area contributed by atoms with E-state index in [-0.39, 0.29) is 5.41 Å². The van der Waals surface area contributed by atoms with Crippen molar-refractivity contribution in [3.05, 3.63) is 254 Å². The van der Waals surface area contributed by atoms with Crippen molar-refractivity contribution in [1.29, 1.82) is 0 Å². The van der Waals surface area contributed by atoms with Crippen molar-refractivity contribution in [2.45, 2.75) is 19.3 Å². The molecule has 0 saturated carbocycles. The van der Waals surface area contributed by atoms with Crippen LogP contribution in [0.25, 0.3) is 121 Å². The van der Waals surface area contributed by atoms with Crippen LogP contribution in [-0.2, 0) is 5.41 Å². The van der Waals surface area contributed by atoms with Crippen LogP contribution in [0.1, 0.15) is 25.0 Å². The van der Waals surface area contributed by atoms with Crippen LogP contribution in [0, 0.1) is 0 Å². The summed E-state index contributed by atoms with van der Waals surface area (Å²) in [6, 6.07) is 90.4. The maximum Gasteiger partial charge on any atom is 0.0159 e. The van der Waals surface area contributed by atoms with Gasteiger partial charge in [0.25, 0.3) is 0 Å². The normalized spacial score (nSPS) is 12.7. The maximum absolute atomic E-state index is 2.47. The summed E-state index contributed by atoms with van der Waals surface area (Å²) in [4.78, 5) is 0. The van der Waals surface area contributed by atoms with E-state index in [9.17, 15) is 0 Å². The lowest BCUT2D eigenvalue weighted by atomic mass is 9.80. The Kier molecular flexibility index (Phi) is 8.98. The van der Waals surface area contributed by atoms with Crippen LogP contribution in [0.4, 0.5) is 0 Å². The molecule has 0 unspecified atom stereocenters. The molecule has 12 aromatic carbocycles. The number of hydrogen-bond acceptors (Lipinski definition) is 0. The third kappa shape index (κ3) is 6.36. The lowest BCUT2D eigenvalue weighted by Crippen LogP contribution is -2.15. The fraction of sp³-hybridized carbons (Fsp3) is 0.0448. The van der Waals surface area contributed by atoms with E-state index in [2.05, 4.69) is 257 Å². The zero-order valence-electron chi connectivity index (χ0n) is 37.6. The van der Waals surface area contributed by atoms with Gasteiger partial charge in [0, 0.05) is 5.41 Å². The van der Waals surface area contributed by atoms with Crippen LogP contribution in [0.3, 0.4) is 0 Å². The number of hydrogen-bond donors (Lipinski definition) is 0. The lowest BCUT2D eigenvalue weighted by molar-refractivity contribution is 0.661. The van der Waals surface area contributed by atoms with E-state index in [1.807, 2.05) is 0 Å². The van der Waals surface area contributed by atoms with Crippen molar-refractivity contribution in [2.75, 3.05) is 0 Å². The van der Waals surface area contributed by atoms with Crippen molar-refractivity contribution in [3.8, 4) is 77.9 Å². The molecule has 0 N–H and O–H groups in total. The topological polar surface area (TPSA) is 0 Å². The Morgan fingerprint density at radius 1 is 0.224 bits per heavy atom. The van der Waals surface area contributed by atoms with Gasteiger partial charge in [0.05, 0.1) is 0 Å². The summed E-state index contributed by atoms with van der Waals surface area (Å²) in [6.45, 7) is 4.80. The first-order valence-electron chi connectivity index (χ1n) is 23.5. The number of benzene rings is 12. The Bertz CT molecular complexity index is 3910. The molecule has 0 atom stereocenters. The molecule has 1 aliphatic rings. The Morgan fingerprint density at radius 3 is 1.25 bits per heavy atom. The van der Waals surface area contributed by atoms with Crippen LogP contribution in [0.5, 0.6) is 0 Å². The zero-order chi connectivity index (χ0) is 44.6. The molecule has 0 bridgehead atoms. The van der Waals surface area contributed by atoms with Crippen LogP contribution in [0.2, 0.25) is 0 Å². The molecule has 0 nitrogen and oxygen atoms in total. The molecule has 13 rings (SSSR count). The summed E-state index contributed by atoms with van der Waals surface area (Å²) < 4.78 is 0. The first kappa shape index (κ1) is 39.1. The van der Waals surface area contributed by atoms with E-state index in [0.29, 0.717) is 0 Å². The molecule has 0 heteroatoms. The zero-order valence-corrected chi connectivity index (χ0v) is 37.6. The second-order valence-electron chi connectivity index (χ2n) is 18.8. The van der Waals surface area contributed by atoms with Crippen LogP contribution in [-0.4, -0.2) is 0 Å². The van der Waals surface area contributed by atoms with E-state index in [4.69, 9.17) is 0 Å². The van der Waals surface area contributed by atoms with Gasteiger partial charge in [-0.1, -0.05) is 220 Å². The quantitative estimate of drug-likeness (QED) is 0.146. The van der Waals surface area contributed by atoms with Crippen molar-refractivity contribution < 1.29 is 0 Å². The fourth-order valence-electron chi connectivity index (χ4n) is 11.3. The number of fused-ring (bicyclic) bond motifs is 8. The Hall–Kier alpha value is -8.32. The average Bonchev–Trinajstić information content (AvgIpc) is 3.62. The van der Waals surface area contributed by atoms with E-state index >= 15 is 0 Å². The van der Waals surface area contributed by atoms with Gasteiger partial charge in [-0.2, -0.15) is 0 Å². The average molecular weight is 851 g/mol. The van der Waals surface area contributed by atoms with E-state index in [1.165, 1.54) is 132 Å². The molecule has 12 aromatic rings. The summed E-state index contributed by atoms with van der Waals surface area (Å²) in [5.74, 6) is 0. The molecule has 67 heavy (non-hydrogen) atoms. The first-order chi connectivity index (χ1) is 33.0. The Morgan fingerprint density at radius 2 is 0.642 bits per heavy atom. The highest BCUT2D eigenvalue weighted by Crippen LogP contribution is 2.52. The van der Waals surface area contributed by atoms with Crippen molar-refractivity contribution >= 4 is 43.1 Å². The minimum absolute atomic E-state index is 0.173. The first-order valence-corrected chi connectivity index (χ1v) is 23.5. The van der Waals surface area contributed by atoms with Gasteiger partial charge in [-0.05, 0) is 169 Å². The second kappa shape index (κ2) is 15.4. The lowest BCUT2D eigenvalue weighted by Gasteiger charge is -2.23. The third-order valence-corrected chi connectivity index (χ3v) is 14.6. The molecule has 0 fully saturated rings. The summed E-state index contributed by atoms with van der Waals surface area (Å²) in [7, 11) is 0. The fourth-order valence-corrected chi connectivity index (χ4v) is 11.3. The van der Waals surface area contributed by atoms with Crippen LogP contribution in [0.15, 0.2) is 243 Å². The van der Waals surface area contributed by atoms with Crippen LogP contribution >= 0.6 is 0 Å². The molecule has 0 spiro atoms. The van der Waals surface area contributed by atoms with Crippen molar-refractivity contribution in [1.82, 2.24) is 0 Å². The van der Waals surface area contributed by atoms with E-state index in [1.54, 1.807) is 0 Å². The van der Waals surface area contributed by atoms with E-state index < -0.39 is 0 Å². The van der Waals surface area contributed by atoms with Gasteiger partial charge in [0.1, 0.15) is 0 Å². The summed E-state index contributed by atoms with van der Waals surface area (Å²) in [6.07, 6.45) is 0. The smallest absolute Gasteiger partial charge is 0.0159 e. The third-order valence-electron chi connectivity index (χ3n) is 14.6. The molecular formula is C67H46. The predicted molar refractivity (Wildman–Crippen MR) is 287 cm³/mol. The standard InChI is InChI=1S/C67H46/c1-67(2)63-41-50(30-35-57(63)58-36-32-52(42-64(58)67)54-28-16-26-43-19-14-15-27-53(43)54)49-29-33-55-56-34-31-51(60-38-48-25-13-12-24-47(48)37-59(60)44-17-6-3-7-18-44)40-62(56)66(46-22-10-5-11-23-46)65(61(55)39-49)45-20-8-4-9-21-45/h3-42H,1-2H3. The maximum atomic E-state index is 2.47. The molecule has 0 heterocycles. The largest absolute Gasteiger partial charge is 0.0622 e. The molecule has 0 aromatic heterocycles. The van der Waals surface area contributed by atoms with Gasteiger partial charge in [0.2, 0.25) is 0 Å². The molecule has 0 aliphatic heterocycles. The monoisotopic (exact) mass is 850 g/mol. The molecule has 1 aliphatic carbocycles. The Balaban J connectivity index is 1.00. The molecule has 0 saturated heterocycles. The molecule has 0 radical (unpaired) electrons. The van der Waals surface area contributed by atoms with Gasteiger partial charge < -0.3 is 0 Å². The van der Waals surface area contributed by atoms with Gasteiger partial charge in [0.15, 0.2) is 0 Å². The number of rotatable bonds is 6. The van der Waals surface area contributed by atoms with E-state index in [0.717, 1.165) is 0 Å². The van der Waals surface area contributed by atoms with Gasteiger partial charge in [-0.3, -0.25) is 0 Å². The van der Waals surface area contributed by atoms with Gasteiger partial charge in [-0.25, -0.2) is 0 Å². The molecule has 0 amide bonds. The van der Waals surface area contributed by atoms with Crippen LogP contribution < -0.4 is 0 Å². The highest BCUT2D eigenvalue weighted by Gasteiger charge is 2.36. The predicted octanol–water partition coefficient (Wildman–Crippen LogP) is 18.6. The second-order valence-corrected chi connectivity index (χ2v) is 18.8. The van der Waals surface area contributed by atoms with Crippen molar-refractivity contribution in [2.24, 2.45) is 0 Å². The highest BCUT2D eigenvalue weighted by atomic mass is 14.4. The summed E-state index contributed by atoms with van der Waals surface area (Å²) in [5.41, 5.74) is 20.0. The highest BCUT2D eigenvalue weighted by molar-refractivity contribution is 6.23. The van der Waals surface area contributed by atoms with Gasteiger partial charge >= 0.3 is 0 Å².